The number of imide groups is 1. The van der Waals surface area contributed by atoms with Gasteiger partial charge in [-0.2, -0.15) is 0 Å². The van der Waals surface area contributed by atoms with Gasteiger partial charge in [-0.15, -0.1) is 0 Å². The number of ether oxygens (including phenoxy) is 2. The van der Waals surface area contributed by atoms with E-state index in [-0.39, 0.29) is 26.2 Å². The molecule has 3 aromatic carbocycles. The number of rotatable bonds is 9. The molecule has 0 aliphatic carbocycles. The number of hydrogen-bond donors (Lipinski definition) is 0. The van der Waals surface area contributed by atoms with Gasteiger partial charge in [0.05, 0.1) is 24.3 Å². The largest absolute Gasteiger partial charge is 0.484 e. The van der Waals surface area contributed by atoms with Gasteiger partial charge in [0, 0.05) is 11.6 Å². The Balaban J connectivity index is 1.57. The molecule has 3 amide bonds. The number of anilines is 1. The number of nitrogens with zero attached hydrogens (tertiary/aromatic N) is 2. The first-order valence-electron chi connectivity index (χ1n) is 11.7. The first-order chi connectivity index (χ1) is 17.9. The van der Waals surface area contributed by atoms with Crippen molar-refractivity contribution >= 4 is 41.0 Å². The molecule has 9 heteroatoms. The first kappa shape index (κ1) is 25.9. The molecular weight excluding hydrogens is 496 g/mol. The Morgan fingerprint density at radius 3 is 2.32 bits per heavy atom. The highest BCUT2D eigenvalue weighted by Gasteiger charge is 2.44. The standard InChI is InChI=1S/C28H25ClN2O6/c1-2-36-28(35)19-12-14-21(15-13-19)31-25(32)16-24(27(31)34)30(17-20-8-6-7-11-23(20)29)26(33)18-37-22-9-4-3-5-10-22/h3-15,24H,2,16-18H2,1H3. The normalized spacial score (nSPS) is 15.0. The molecule has 190 valence electrons. The molecule has 37 heavy (non-hydrogen) atoms. The summed E-state index contributed by atoms with van der Waals surface area (Å²) in [6.45, 7) is 1.64. The predicted octanol–water partition coefficient (Wildman–Crippen LogP) is 4.26. The minimum absolute atomic E-state index is 0.0238. The molecule has 1 fully saturated rings. The summed E-state index contributed by atoms with van der Waals surface area (Å²) < 4.78 is 10.6. The number of esters is 1. The summed E-state index contributed by atoms with van der Waals surface area (Å²) >= 11 is 6.34. The molecule has 1 heterocycles. The fourth-order valence-corrected chi connectivity index (χ4v) is 4.21. The molecule has 0 aromatic heterocycles. The monoisotopic (exact) mass is 520 g/mol. The van der Waals surface area contributed by atoms with Crippen molar-refractivity contribution in [3.63, 3.8) is 0 Å². The van der Waals surface area contributed by atoms with Crippen LogP contribution in [-0.4, -0.2) is 47.8 Å². The van der Waals surface area contributed by atoms with Crippen LogP contribution in [0.25, 0.3) is 0 Å². The van der Waals surface area contributed by atoms with Gasteiger partial charge in [-0.25, -0.2) is 9.69 Å². The van der Waals surface area contributed by atoms with Gasteiger partial charge in [-0.3, -0.25) is 14.4 Å². The summed E-state index contributed by atoms with van der Waals surface area (Å²) in [7, 11) is 0. The molecule has 1 aliphatic rings. The lowest BCUT2D eigenvalue weighted by molar-refractivity contribution is -0.140. The van der Waals surface area contributed by atoms with E-state index in [2.05, 4.69) is 0 Å². The molecule has 8 nitrogen and oxygen atoms in total. The van der Waals surface area contributed by atoms with E-state index in [0.29, 0.717) is 27.6 Å². The Morgan fingerprint density at radius 1 is 0.973 bits per heavy atom. The number of carbonyl (C=O) groups is 4. The van der Waals surface area contributed by atoms with Crippen LogP contribution in [-0.2, 0) is 25.7 Å². The molecule has 1 saturated heterocycles. The van der Waals surface area contributed by atoms with Crippen LogP contribution in [0, 0.1) is 0 Å². The maximum atomic E-state index is 13.5. The predicted molar refractivity (Wildman–Crippen MR) is 137 cm³/mol. The second kappa shape index (κ2) is 11.7. The van der Waals surface area contributed by atoms with Crippen LogP contribution in [0.5, 0.6) is 5.75 Å². The van der Waals surface area contributed by atoms with Crippen molar-refractivity contribution in [2.45, 2.75) is 25.9 Å². The zero-order valence-corrected chi connectivity index (χ0v) is 20.9. The number of halogens is 1. The van der Waals surface area contributed by atoms with Crippen LogP contribution >= 0.6 is 11.6 Å². The third-order valence-electron chi connectivity index (χ3n) is 5.86. The fourth-order valence-electron chi connectivity index (χ4n) is 4.02. The second-order valence-electron chi connectivity index (χ2n) is 8.27. The molecule has 4 rings (SSSR count). The molecule has 1 aliphatic heterocycles. The Morgan fingerprint density at radius 2 is 1.65 bits per heavy atom. The third kappa shape index (κ3) is 5.98. The van der Waals surface area contributed by atoms with Crippen molar-refractivity contribution in [1.82, 2.24) is 4.90 Å². The van der Waals surface area contributed by atoms with Crippen LogP contribution in [0.2, 0.25) is 5.02 Å². The minimum atomic E-state index is -1.04. The van der Waals surface area contributed by atoms with Gasteiger partial charge in [0.25, 0.3) is 11.8 Å². The summed E-state index contributed by atoms with van der Waals surface area (Å²) in [4.78, 5) is 54.1. The van der Waals surface area contributed by atoms with E-state index >= 15 is 0 Å². The summed E-state index contributed by atoms with van der Waals surface area (Å²) in [5, 5.41) is 0.437. The molecular formula is C28H25ClN2O6. The van der Waals surface area contributed by atoms with E-state index in [0.717, 1.165) is 4.90 Å². The van der Waals surface area contributed by atoms with Gasteiger partial charge in [-0.05, 0) is 55.0 Å². The Hall–Kier alpha value is -4.17. The highest BCUT2D eigenvalue weighted by atomic mass is 35.5. The molecule has 0 N–H and O–H groups in total. The Kier molecular flexibility index (Phi) is 8.20. The maximum absolute atomic E-state index is 13.5. The zero-order chi connectivity index (χ0) is 26.4. The highest BCUT2D eigenvalue weighted by molar-refractivity contribution is 6.31. The number of para-hydroxylation sites is 1. The number of carbonyl (C=O) groups excluding carboxylic acids is 4. The topological polar surface area (TPSA) is 93.2 Å². The van der Waals surface area contributed by atoms with Gasteiger partial charge < -0.3 is 14.4 Å². The lowest BCUT2D eigenvalue weighted by Crippen LogP contribution is -2.46. The van der Waals surface area contributed by atoms with Crippen molar-refractivity contribution < 1.29 is 28.7 Å². The summed E-state index contributed by atoms with van der Waals surface area (Å²) in [5.74, 6) is -1.46. The fraction of sp³-hybridized carbons (Fsp3) is 0.214. The molecule has 3 aromatic rings. The second-order valence-corrected chi connectivity index (χ2v) is 8.68. The molecule has 0 spiro atoms. The molecule has 1 unspecified atom stereocenters. The first-order valence-corrected chi connectivity index (χ1v) is 12.1. The van der Waals surface area contributed by atoms with E-state index in [1.165, 1.54) is 29.2 Å². The van der Waals surface area contributed by atoms with Crippen LogP contribution in [0.4, 0.5) is 5.69 Å². The minimum Gasteiger partial charge on any atom is -0.484 e. The van der Waals surface area contributed by atoms with Crippen LogP contribution in [0.3, 0.4) is 0 Å². The Bertz CT molecular complexity index is 1300. The maximum Gasteiger partial charge on any atom is 0.338 e. The lowest BCUT2D eigenvalue weighted by Gasteiger charge is -2.28. The van der Waals surface area contributed by atoms with Crippen LogP contribution in [0.1, 0.15) is 29.3 Å². The van der Waals surface area contributed by atoms with Gasteiger partial charge >= 0.3 is 5.97 Å². The van der Waals surface area contributed by atoms with Crippen molar-refractivity contribution in [2.24, 2.45) is 0 Å². The molecule has 0 radical (unpaired) electrons. The van der Waals surface area contributed by atoms with E-state index in [1.54, 1.807) is 55.5 Å². The van der Waals surface area contributed by atoms with E-state index in [9.17, 15) is 19.2 Å². The van der Waals surface area contributed by atoms with Gasteiger partial charge in [0.1, 0.15) is 11.8 Å². The van der Waals surface area contributed by atoms with Gasteiger partial charge in [0.15, 0.2) is 6.61 Å². The zero-order valence-electron chi connectivity index (χ0n) is 20.1. The van der Waals surface area contributed by atoms with Crippen molar-refractivity contribution in [1.29, 1.82) is 0 Å². The Labute approximate surface area is 219 Å². The van der Waals surface area contributed by atoms with Crippen LogP contribution in [0.15, 0.2) is 78.9 Å². The molecule has 1 atom stereocenters. The quantitative estimate of drug-likeness (QED) is 0.309. The summed E-state index contributed by atoms with van der Waals surface area (Å²) in [6.07, 6.45) is -0.194. The molecule has 0 bridgehead atoms. The molecule has 0 saturated carbocycles. The van der Waals surface area contributed by atoms with E-state index < -0.39 is 29.7 Å². The van der Waals surface area contributed by atoms with Crippen molar-refractivity contribution in [3.8, 4) is 5.75 Å². The summed E-state index contributed by atoms with van der Waals surface area (Å²) in [5.41, 5.74) is 1.24. The SMILES string of the molecule is CCOC(=O)c1ccc(N2C(=O)CC(N(Cc3ccccc3Cl)C(=O)COc3ccccc3)C2=O)cc1. The number of amides is 3. The highest BCUT2D eigenvalue weighted by Crippen LogP contribution is 2.28. The van der Waals surface area contributed by atoms with E-state index in [1.807, 2.05) is 6.07 Å². The van der Waals surface area contributed by atoms with Gasteiger partial charge in [-0.1, -0.05) is 48.0 Å². The van der Waals surface area contributed by atoms with E-state index in [4.69, 9.17) is 21.1 Å². The average molecular weight is 521 g/mol. The summed E-state index contributed by atoms with van der Waals surface area (Å²) in [6, 6.07) is 20.8. The van der Waals surface area contributed by atoms with Gasteiger partial charge in [0.2, 0.25) is 5.91 Å². The average Bonchev–Trinajstić information content (AvgIpc) is 3.20. The smallest absolute Gasteiger partial charge is 0.338 e. The van der Waals surface area contributed by atoms with Crippen molar-refractivity contribution in [3.05, 3.63) is 95.0 Å². The number of benzene rings is 3. The van der Waals surface area contributed by atoms with Crippen molar-refractivity contribution in [2.75, 3.05) is 18.1 Å². The lowest BCUT2D eigenvalue weighted by atomic mass is 10.1. The van der Waals surface area contributed by atoms with Crippen LogP contribution < -0.4 is 9.64 Å². The number of hydrogen-bond acceptors (Lipinski definition) is 6. The third-order valence-corrected chi connectivity index (χ3v) is 6.23.